The molecule has 0 unspecified atom stereocenters. The van der Waals surface area contributed by atoms with E-state index < -0.39 is 4.92 Å². The molecule has 0 aliphatic carbocycles. The van der Waals surface area contributed by atoms with E-state index >= 15 is 0 Å². The highest BCUT2D eigenvalue weighted by molar-refractivity contribution is 5.91. The van der Waals surface area contributed by atoms with Crippen molar-refractivity contribution < 1.29 is 9.66 Å². The van der Waals surface area contributed by atoms with Gasteiger partial charge in [0, 0.05) is 25.2 Å². The van der Waals surface area contributed by atoms with Gasteiger partial charge in [-0.25, -0.2) is 0 Å². The van der Waals surface area contributed by atoms with E-state index in [1.807, 2.05) is 0 Å². The maximum absolute atomic E-state index is 10.8. The van der Waals surface area contributed by atoms with Gasteiger partial charge in [0.05, 0.1) is 29.0 Å². The van der Waals surface area contributed by atoms with E-state index in [9.17, 15) is 10.1 Å². The number of anilines is 1. The summed E-state index contributed by atoms with van der Waals surface area (Å²) in [4.78, 5) is 12.5. The molecule has 7 nitrogen and oxygen atoms in total. The Balaban J connectivity index is 2.05. The first-order valence-electron chi connectivity index (χ1n) is 5.71. The van der Waals surface area contributed by atoms with E-state index in [0.29, 0.717) is 13.2 Å². The SMILES string of the molecule is O=[N+]([O-])c1ccc2[nH]nc(N3CCOCC3)c2c1. The van der Waals surface area contributed by atoms with E-state index in [1.54, 1.807) is 12.1 Å². The summed E-state index contributed by atoms with van der Waals surface area (Å²) in [6.45, 7) is 2.82. The summed E-state index contributed by atoms with van der Waals surface area (Å²) in [7, 11) is 0. The number of hydrogen-bond donors (Lipinski definition) is 1. The third-order valence-corrected chi connectivity index (χ3v) is 3.05. The Kier molecular flexibility index (Phi) is 2.60. The molecule has 2 heterocycles. The Morgan fingerprint density at radius 2 is 2.17 bits per heavy atom. The third kappa shape index (κ3) is 1.78. The minimum absolute atomic E-state index is 0.0819. The van der Waals surface area contributed by atoms with Gasteiger partial charge in [-0.15, -0.1) is 0 Å². The average Bonchev–Trinajstić information content (AvgIpc) is 2.82. The van der Waals surface area contributed by atoms with Crippen LogP contribution in [-0.4, -0.2) is 41.4 Å². The van der Waals surface area contributed by atoms with Crippen molar-refractivity contribution in [1.29, 1.82) is 0 Å². The molecule has 0 atom stereocenters. The number of hydrogen-bond acceptors (Lipinski definition) is 5. The second kappa shape index (κ2) is 4.26. The molecule has 7 heteroatoms. The van der Waals surface area contributed by atoms with Crippen LogP contribution in [0.15, 0.2) is 18.2 Å². The van der Waals surface area contributed by atoms with Crippen molar-refractivity contribution in [2.45, 2.75) is 0 Å². The number of rotatable bonds is 2. The molecule has 0 bridgehead atoms. The fraction of sp³-hybridized carbons (Fsp3) is 0.364. The number of fused-ring (bicyclic) bond motifs is 1. The van der Waals surface area contributed by atoms with Crippen LogP contribution in [0.3, 0.4) is 0 Å². The lowest BCUT2D eigenvalue weighted by atomic mass is 10.2. The number of nitrogens with zero attached hydrogens (tertiary/aromatic N) is 3. The van der Waals surface area contributed by atoms with Crippen LogP contribution in [0.4, 0.5) is 11.5 Å². The zero-order valence-corrected chi connectivity index (χ0v) is 9.63. The molecule has 1 aromatic heterocycles. The molecule has 0 spiro atoms. The maximum atomic E-state index is 10.8. The van der Waals surface area contributed by atoms with Crippen LogP contribution in [0.5, 0.6) is 0 Å². The number of non-ortho nitro benzene ring substituents is 1. The topological polar surface area (TPSA) is 84.3 Å². The van der Waals surface area contributed by atoms with Gasteiger partial charge in [-0.2, -0.15) is 5.10 Å². The second-order valence-electron chi connectivity index (χ2n) is 4.13. The summed E-state index contributed by atoms with van der Waals surface area (Å²) >= 11 is 0. The van der Waals surface area contributed by atoms with E-state index in [1.165, 1.54) is 6.07 Å². The lowest BCUT2D eigenvalue weighted by Crippen LogP contribution is -2.36. The maximum Gasteiger partial charge on any atom is 0.270 e. The summed E-state index contributed by atoms with van der Waals surface area (Å²) in [5, 5.41) is 18.7. The van der Waals surface area contributed by atoms with Crippen LogP contribution in [0.1, 0.15) is 0 Å². The zero-order chi connectivity index (χ0) is 12.5. The quantitative estimate of drug-likeness (QED) is 0.639. The van der Waals surface area contributed by atoms with Crippen LogP contribution < -0.4 is 4.90 Å². The average molecular weight is 248 g/mol. The normalized spacial score (nSPS) is 16.1. The largest absolute Gasteiger partial charge is 0.378 e. The minimum atomic E-state index is -0.393. The molecule has 0 radical (unpaired) electrons. The molecule has 3 rings (SSSR count). The van der Waals surface area contributed by atoms with E-state index in [0.717, 1.165) is 29.8 Å². The van der Waals surface area contributed by atoms with Crippen molar-refractivity contribution in [2.75, 3.05) is 31.2 Å². The number of morpholine rings is 1. The lowest BCUT2D eigenvalue weighted by molar-refractivity contribution is -0.384. The van der Waals surface area contributed by atoms with Crippen molar-refractivity contribution >= 4 is 22.4 Å². The summed E-state index contributed by atoms with van der Waals surface area (Å²) in [5.41, 5.74) is 0.889. The molecule has 1 saturated heterocycles. The Hall–Kier alpha value is -2.15. The molecule has 94 valence electrons. The standard InChI is InChI=1S/C11H12N4O3/c16-15(17)8-1-2-10-9(7-8)11(13-12-10)14-3-5-18-6-4-14/h1-2,7H,3-6H2,(H,12,13). The predicted octanol–water partition coefficient (Wildman–Crippen LogP) is 1.31. The Labute approximate surface area is 102 Å². The number of H-pyrrole nitrogens is 1. The van der Waals surface area contributed by atoms with Gasteiger partial charge in [0.2, 0.25) is 0 Å². The van der Waals surface area contributed by atoms with Gasteiger partial charge in [0.15, 0.2) is 5.82 Å². The first-order chi connectivity index (χ1) is 8.75. The zero-order valence-electron chi connectivity index (χ0n) is 9.63. The number of aromatic amines is 1. The number of nitro benzene ring substituents is 1. The summed E-state index contributed by atoms with van der Waals surface area (Å²) in [6.07, 6.45) is 0. The summed E-state index contributed by atoms with van der Waals surface area (Å²) in [5.74, 6) is 0.761. The fourth-order valence-electron chi connectivity index (χ4n) is 2.12. The van der Waals surface area contributed by atoms with Crippen LogP contribution in [0.2, 0.25) is 0 Å². The fourth-order valence-corrected chi connectivity index (χ4v) is 2.12. The molecule has 2 aromatic rings. The minimum Gasteiger partial charge on any atom is -0.378 e. The molecule has 18 heavy (non-hydrogen) atoms. The van der Waals surface area contributed by atoms with Gasteiger partial charge in [0.25, 0.3) is 5.69 Å². The Morgan fingerprint density at radius 3 is 2.89 bits per heavy atom. The van der Waals surface area contributed by atoms with E-state index in [-0.39, 0.29) is 5.69 Å². The number of ether oxygens (including phenoxy) is 1. The second-order valence-corrected chi connectivity index (χ2v) is 4.13. The van der Waals surface area contributed by atoms with Crippen LogP contribution in [0.25, 0.3) is 10.9 Å². The Bertz CT molecular complexity index is 589. The van der Waals surface area contributed by atoms with Crippen LogP contribution >= 0.6 is 0 Å². The monoisotopic (exact) mass is 248 g/mol. The lowest BCUT2D eigenvalue weighted by Gasteiger charge is -2.26. The summed E-state index contributed by atoms with van der Waals surface area (Å²) < 4.78 is 5.28. The highest BCUT2D eigenvalue weighted by Gasteiger charge is 2.18. The van der Waals surface area contributed by atoms with E-state index in [4.69, 9.17) is 4.74 Å². The van der Waals surface area contributed by atoms with Crippen molar-refractivity contribution in [3.05, 3.63) is 28.3 Å². The van der Waals surface area contributed by atoms with Crippen molar-refractivity contribution in [3.63, 3.8) is 0 Å². The smallest absolute Gasteiger partial charge is 0.270 e. The molecule has 1 fully saturated rings. The van der Waals surface area contributed by atoms with Gasteiger partial charge >= 0.3 is 0 Å². The Morgan fingerprint density at radius 1 is 1.39 bits per heavy atom. The first-order valence-corrected chi connectivity index (χ1v) is 5.71. The van der Waals surface area contributed by atoms with Gasteiger partial charge in [-0.1, -0.05) is 0 Å². The molecule has 1 aliphatic heterocycles. The molecule has 1 aromatic carbocycles. The molecule has 1 N–H and O–H groups in total. The molecule has 0 saturated carbocycles. The van der Waals surface area contributed by atoms with Crippen LogP contribution in [-0.2, 0) is 4.74 Å². The van der Waals surface area contributed by atoms with Crippen molar-refractivity contribution in [1.82, 2.24) is 10.2 Å². The molecule has 0 amide bonds. The van der Waals surface area contributed by atoms with Crippen molar-refractivity contribution in [2.24, 2.45) is 0 Å². The number of benzene rings is 1. The predicted molar refractivity (Wildman–Crippen MR) is 65.8 cm³/mol. The number of aromatic nitrogens is 2. The summed E-state index contributed by atoms with van der Waals surface area (Å²) in [6, 6.07) is 4.72. The van der Waals surface area contributed by atoms with Gasteiger partial charge in [-0.05, 0) is 6.07 Å². The number of nitrogens with one attached hydrogen (secondary N) is 1. The van der Waals surface area contributed by atoms with Crippen LogP contribution in [0, 0.1) is 10.1 Å². The van der Waals surface area contributed by atoms with E-state index in [2.05, 4.69) is 15.1 Å². The van der Waals surface area contributed by atoms with Gasteiger partial charge < -0.3 is 9.64 Å². The molecule has 1 aliphatic rings. The molecular weight excluding hydrogens is 236 g/mol. The highest BCUT2D eigenvalue weighted by Crippen LogP contribution is 2.28. The van der Waals surface area contributed by atoms with Gasteiger partial charge in [-0.3, -0.25) is 15.2 Å². The number of nitro groups is 1. The van der Waals surface area contributed by atoms with Crippen molar-refractivity contribution in [3.8, 4) is 0 Å². The van der Waals surface area contributed by atoms with Gasteiger partial charge in [0.1, 0.15) is 0 Å². The highest BCUT2D eigenvalue weighted by atomic mass is 16.6. The molecular formula is C11H12N4O3. The third-order valence-electron chi connectivity index (χ3n) is 3.05. The first kappa shape index (κ1) is 11.0.